The highest BCUT2D eigenvalue weighted by Crippen LogP contribution is 2.12. The second-order valence-corrected chi connectivity index (χ2v) is 5.28. The lowest BCUT2D eigenvalue weighted by Crippen LogP contribution is -2.39. The first kappa shape index (κ1) is 12.0. The van der Waals surface area contributed by atoms with E-state index in [0.29, 0.717) is 4.83 Å². The molecule has 1 amide bonds. The van der Waals surface area contributed by atoms with Gasteiger partial charge in [-0.3, -0.25) is 4.79 Å². The number of rotatable bonds is 4. The molecule has 1 heterocycles. The predicted molar refractivity (Wildman–Crippen MR) is 59.6 cm³/mol. The van der Waals surface area contributed by atoms with E-state index in [1.807, 2.05) is 0 Å². The van der Waals surface area contributed by atoms with Gasteiger partial charge in [-0.15, -0.1) is 0 Å². The summed E-state index contributed by atoms with van der Waals surface area (Å²) in [5, 5.41) is 2.89. The maximum atomic E-state index is 11.5. The van der Waals surface area contributed by atoms with Crippen LogP contribution in [0, 0.1) is 0 Å². The average molecular weight is 264 g/mol. The van der Waals surface area contributed by atoms with Crippen molar-refractivity contribution in [2.45, 2.75) is 43.5 Å². The van der Waals surface area contributed by atoms with Gasteiger partial charge in [0.25, 0.3) is 0 Å². The van der Waals surface area contributed by atoms with Gasteiger partial charge < -0.3 is 10.1 Å². The first-order valence-electron chi connectivity index (χ1n) is 5.23. The van der Waals surface area contributed by atoms with Crippen molar-refractivity contribution in [3.8, 4) is 0 Å². The lowest BCUT2D eigenvalue weighted by atomic mass is 10.1. The van der Waals surface area contributed by atoms with Gasteiger partial charge in [-0.1, -0.05) is 22.9 Å². The number of alkyl halides is 1. The third-order valence-electron chi connectivity index (χ3n) is 2.31. The summed E-state index contributed by atoms with van der Waals surface area (Å²) in [6, 6.07) is 0. The van der Waals surface area contributed by atoms with E-state index in [1.54, 1.807) is 0 Å². The smallest absolute Gasteiger partial charge is 0.249 e. The zero-order valence-electron chi connectivity index (χ0n) is 8.59. The van der Waals surface area contributed by atoms with E-state index in [0.717, 1.165) is 38.8 Å². The molecular formula is C10H18BrNO2. The molecule has 1 rings (SSSR count). The molecule has 2 atom stereocenters. The van der Waals surface area contributed by atoms with Crippen LogP contribution in [0.15, 0.2) is 0 Å². The van der Waals surface area contributed by atoms with Crippen molar-refractivity contribution in [1.29, 1.82) is 0 Å². The summed E-state index contributed by atoms with van der Waals surface area (Å²) in [5.74, 6) is 0.0536. The molecule has 0 aromatic rings. The molecule has 1 saturated heterocycles. The van der Waals surface area contributed by atoms with E-state index < -0.39 is 0 Å². The Morgan fingerprint density at radius 2 is 2.43 bits per heavy atom. The zero-order valence-corrected chi connectivity index (χ0v) is 10.2. The zero-order chi connectivity index (χ0) is 10.4. The SMILES string of the molecule is CC(Br)CCNC(=O)C1CCCCO1. The number of hydrogen-bond acceptors (Lipinski definition) is 2. The summed E-state index contributed by atoms with van der Waals surface area (Å²) in [7, 11) is 0. The Kier molecular flexibility index (Phi) is 5.48. The first-order valence-corrected chi connectivity index (χ1v) is 6.15. The summed E-state index contributed by atoms with van der Waals surface area (Å²) in [6.07, 6.45) is 3.82. The van der Waals surface area contributed by atoms with Gasteiger partial charge in [-0.2, -0.15) is 0 Å². The second kappa shape index (κ2) is 6.40. The Morgan fingerprint density at radius 3 is 3.00 bits per heavy atom. The molecule has 0 spiro atoms. The van der Waals surface area contributed by atoms with Crippen molar-refractivity contribution in [3.63, 3.8) is 0 Å². The highest BCUT2D eigenvalue weighted by atomic mass is 79.9. The molecule has 0 aromatic heterocycles. The van der Waals surface area contributed by atoms with Crippen LogP contribution in [0.2, 0.25) is 0 Å². The van der Waals surface area contributed by atoms with Crippen LogP contribution in [0.1, 0.15) is 32.6 Å². The highest BCUT2D eigenvalue weighted by Gasteiger charge is 2.21. The normalized spacial score (nSPS) is 24.3. The van der Waals surface area contributed by atoms with Crippen molar-refractivity contribution < 1.29 is 9.53 Å². The van der Waals surface area contributed by atoms with E-state index in [-0.39, 0.29) is 12.0 Å². The second-order valence-electron chi connectivity index (χ2n) is 3.72. The Balaban J connectivity index is 2.13. The summed E-state index contributed by atoms with van der Waals surface area (Å²) < 4.78 is 5.37. The van der Waals surface area contributed by atoms with Crippen LogP contribution in [0.25, 0.3) is 0 Å². The van der Waals surface area contributed by atoms with Crippen molar-refractivity contribution in [2.24, 2.45) is 0 Å². The van der Waals surface area contributed by atoms with E-state index in [9.17, 15) is 4.79 Å². The topological polar surface area (TPSA) is 38.3 Å². The van der Waals surface area contributed by atoms with Crippen molar-refractivity contribution >= 4 is 21.8 Å². The number of carbonyl (C=O) groups is 1. The third kappa shape index (κ3) is 4.42. The van der Waals surface area contributed by atoms with E-state index in [1.165, 1.54) is 0 Å². The van der Waals surface area contributed by atoms with Crippen LogP contribution in [-0.2, 0) is 9.53 Å². The summed E-state index contributed by atoms with van der Waals surface area (Å²) >= 11 is 3.44. The number of ether oxygens (including phenoxy) is 1. The van der Waals surface area contributed by atoms with Crippen LogP contribution in [0.4, 0.5) is 0 Å². The Labute approximate surface area is 93.7 Å². The molecule has 4 heteroatoms. The quantitative estimate of drug-likeness (QED) is 0.787. The van der Waals surface area contributed by atoms with Gasteiger partial charge in [0, 0.05) is 18.0 Å². The maximum Gasteiger partial charge on any atom is 0.249 e. The molecule has 14 heavy (non-hydrogen) atoms. The van der Waals surface area contributed by atoms with E-state index in [4.69, 9.17) is 4.74 Å². The van der Waals surface area contributed by atoms with Crippen LogP contribution >= 0.6 is 15.9 Å². The molecule has 0 saturated carbocycles. The maximum absolute atomic E-state index is 11.5. The Morgan fingerprint density at radius 1 is 1.64 bits per heavy atom. The summed E-state index contributed by atoms with van der Waals surface area (Å²) in [4.78, 5) is 12.0. The van der Waals surface area contributed by atoms with Gasteiger partial charge in [0.05, 0.1) is 0 Å². The molecule has 1 fully saturated rings. The number of halogens is 1. The third-order valence-corrected chi connectivity index (χ3v) is 2.77. The van der Waals surface area contributed by atoms with Crippen molar-refractivity contribution in [3.05, 3.63) is 0 Å². The van der Waals surface area contributed by atoms with Gasteiger partial charge >= 0.3 is 0 Å². The summed E-state index contributed by atoms with van der Waals surface area (Å²) in [5.41, 5.74) is 0. The molecule has 1 N–H and O–H groups in total. The minimum atomic E-state index is -0.200. The molecule has 1 aliphatic rings. The molecule has 2 unspecified atom stereocenters. The lowest BCUT2D eigenvalue weighted by molar-refractivity contribution is -0.135. The Hall–Kier alpha value is -0.0900. The molecule has 0 aromatic carbocycles. The number of carbonyl (C=O) groups excluding carboxylic acids is 1. The lowest BCUT2D eigenvalue weighted by Gasteiger charge is -2.21. The molecular weight excluding hydrogens is 246 g/mol. The van der Waals surface area contributed by atoms with Crippen LogP contribution < -0.4 is 5.32 Å². The molecule has 0 bridgehead atoms. The largest absolute Gasteiger partial charge is 0.368 e. The fourth-order valence-electron chi connectivity index (χ4n) is 1.46. The average Bonchev–Trinajstić information content (AvgIpc) is 2.18. The van der Waals surface area contributed by atoms with E-state index >= 15 is 0 Å². The van der Waals surface area contributed by atoms with Crippen molar-refractivity contribution in [2.75, 3.05) is 13.2 Å². The van der Waals surface area contributed by atoms with E-state index in [2.05, 4.69) is 28.2 Å². The van der Waals surface area contributed by atoms with Gasteiger partial charge in [-0.05, 0) is 25.7 Å². The van der Waals surface area contributed by atoms with Gasteiger partial charge in [-0.25, -0.2) is 0 Å². The predicted octanol–water partition coefficient (Wildman–Crippen LogP) is 1.85. The molecule has 3 nitrogen and oxygen atoms in total. The monoisotopic (exact) mass is 263 g/mol. The Bertz CT molecular complexity index is 179. The van der Waals surface area contributed by atoms with Crippen LogP contribution in [0.3, 0.4) is 0 Å². The highest BCUT2D eigenvalue weighted by molar-refractivity contribution is 9.09. The minimum Gasteiger partial charge on any atom is -0.368 e. The van der Waals surface area contributed by atoms with Crippen molar-refractivity contribution in [1.82, 2.24) is 5.32 Å². The summed E-state index contributed by atoms with van der Waals surface area (Å²) in [6.45, 7) is 3.53. The van der Waals surface area contributed by atoms with Gasteiger partial charge in [0.1, 0.15) is 6.10 Å². The fraction of sp³-hybridized carbons (Fsp3) is 0.900. The van der Waals surface area contributed by atoms with Crippen LogP contribution in [0.5, 0.6) is 0 Å². The van der Waals surface area contributed by atoms with Gasteiger partial charge in [0.15, 0.2) is 0 Å². The van der Waals surface area contributed by atoms with Crippen LogP contribution in [-0.4, -0.2) is 30.0 Å². The number of amides is 1. The first-order chi connectivity index (χ1) is 6.70. The number of nitrogens with one attached hydrogen (secondary N) is 1. The standard InChI is InChI=1S/C10H18BrNO2/c1-8(11)5-6-12-10(13)9-4-2-3-7-14-9/h8-9H,2-7H2,1H3,(H,12,13). The molecule has 1 aliphatic heterocycles. The minimum absolute atomic E-state index is 0.0536. The van der Waals surface area contributed by atoms with Gasteiger partial charge in [0.2, 0.25) is 5.91 Å². The molecule has 0 radical (unpaired) electrons. The molecule has 82 valence electrons. The number of hydrogen-bond donors (Lipinski definition) is 1. The fourth-order valence-corrected chi connectivity index (χ4v) is 1.68. The molecule has 0 aliphatic carbocycles.